The number of hydrogen-bond donors (Lipinski definition) is 0. The third-order valence-electron chi connectivity index (χ3n) is 6.01. The Labute approximate surface area is 166 Å². The van der Waals surface area contributed by atoms with Gasteiger partial charge in [0.15, 0.2) is 0 Å². The summed E-state index contributed by atoms with van der Waals surface area (Å²) in [5, 5.41) is 9.45. The molecule has 0 radical (unpaired) electrons. The van der Waals surface area contributed by atoms with Crippen LogP contribution in [0.25, 0.3) is 0 Å². The van der Waals surface area contributed by atoms with Crippen molar-refractivity contribution >= 4 is 11.8 Å². The molecule has 2 amide bonds. The topological polar surface area (TPSA) is 63.5 Å². The van der Waals surface area contributed by atoms with Gasteiger partial charge in [-0.25, -0.2) is 9.78 Å². The Morgan fingerprint density at radius 2 is 1.96 bits per heavy atom. The highest BCUT2D eigenvalue weighted by Crippen LogP contribution is 2.47. The van der Waals surface area contributed by atoms with Gasteiger partial charge >= 0.3 is 6.03 Å². The minimum atomic E-state index is 0.0420. The highest BCUT2D eigenvalue weighted by atomic mass is 16.2. The summed E-state index contributed by atoms with van der Waals surface area (Å²) < 4.78 is 0. The lowest BCUT2D eigenvalue weighted by Crippen LogP contribution is -2.41. The molecule has 6 heteroatoms. The quantitative estimate of drug-likeness (QED) is 0.809. The largest absolute Gasteiger partial charge is 0.355 e. The van der Waals surface area contributed by atoms with Crippen molar-refractivity contribution in [3.8, 4) is 6.07 Å². The minimum absolute atomic E-state index is 0.0420. The van der Waals surface area contributed by atoms with Gasteiger partial charge in [0, 0.05) is 51.8 Å². The fraction of sp³-hybridized carbons (Fsp3) is 0.409. The summed E-state index contributed by atoms with van der Waals surface area (Å²) >= 11 is 0. The van der Waals surface area contributed by atoms with Gasteiger partial charge in [0.25, 0.3) is 0 Å². The van der Waals surface area contributed by atoms with E-state index in [0.29, 0.717) is 17.4 Å². The molecule has 6 nitrogen and oxygen atoms in total. The van der Waals surface area contributed by atoms with Gasteiger partial charge in [-0.2, -0.15) is 5.26 Å². The Bertz CT molecular complexity index is 935. The van der Waals surface area contributed by atoms with Gasteiger partial charge in [-0.1, -0.05) is 24.3 Å². The molecule has 0 spiro atoms. The molecular weight excluding hydrogens is 350 g/mol. The Kier molecular flexibility index (Phi) is 4.68. The predicted molar refractivity (Wildman–Crippen MR) is 108 cm³/mol. The standard InChI is InChI=1S/C22H25N5O/c1-15-7-4-5-9-18(15)20-19-14-26(21-16(11-23)8-6-10-24-21)12-17(19)13-27(20)22(28)25(2)3/h4-10,17,19-20H,12-14H2,1-3H3/t17-,19-,20+/m1/s1. The van der Waals surface area contributed by atoms with E-state index in [1.54, 1.807) is 17.2 Å². The fourth-order valence-corrected chi connectivity index (χ4v) is 4.72. The Morgan fingerprint density at radius 3 is 2.68 bits per heavy atom. The van der Waals surface area contributed by atoms with Crippen molar-refractivity contribution in [3.63, 3.8) is 0 Å². The average Bonchev–Trinajstić information content (AvgIpc) is 3.25. The van der Waals surface area contributed by atoms with Crippen LogP contribution in [0.4, 0.5) is 10.6 Å². The van der Waals surface area contributed by atoms with Gasteiger partial charge in [-0.15, -0.1) is 0 Å². The molecule has 2 aromatic rings. The number of hydrogen-bond acceptors (Lipinski definition) is 4. The molecule has 1 aromatic heterocycles. The molecule has 0 unspecified atom stereocenters. The number of aromatic nitrogens is 1. The number of aryl methyl sites for hydroxylation is 1. The monoisotopic (exact) mass is 375 g/mol. The molecule has 0 bridgehead atoms. The highest BCUT2D eigenvalue weighted by molar-refractivity contribution is 5.75. The summed E-state index contributed by atoms with van der Waals surface area (Å²) in [6, 6.07) is 14.3. The summed E-state index contributed by atoms with van der Waals surface area (Å²) in [5.74, 6) is 1.44. The number of urea groups is 1. The van der Waals surface area contributed by atoms with Gasteiger partial charge in [0.1, 0.15) is 11.9 Å². The molecule has 2 saturated heterocycles. The van der Waals surface area contributed by atoms with Crippen molar-refractivity contribution in [3.05, 3.63) is 59.3 Å². The summed E-state index contributed by atoms with van der Waals surface area (Å²) in [6.45, 7) is 4.45. The molecule has 3 heterocycles. The van der Waals surface area contributed by atoms with Crippen LogP contribution in [0.15, 0.2) is 42.6 Å². The van der Waals surface area contributed by atoms with Gasteiger partial charge in [-0.3, -0.25) is 0 Å². The van der Waals surface area contributed by atoms with E-state index in [1.165, 1.54) is 11.1 Å². The van der Waals surface area contributed by atoms with Gasteiger partial charge < -0.3 is 14.7 Å². The van der Waals surface area contributed by atoms with Crippen molar-refractivity contribution < 1.29 is 4.79 Å². The lowest BCUT2D eigenvalue weighted by Gasteiger charge is -2.33. The van der Waals surface area contributed by atoms with Crippen LogP contribution in [0.3, 0.4) is 0 Å². The number of likely N-dealkylation sites (tertiary alicyclic amines) is 1. The van der Waals surface area contributed by atoms with Crippen LogP contribution in [-0.2, 0) is 0 Å². The lowest BCUT2D eigenvalue weighted by atomic mass is 9.88. The second-order valence-corrected chi connectivity index (χ2v) is 7.95. The van der Waals surface area contributed by atoms with Crippen molar-refractivity contribution in [2.75, 3.05) is 38.6 Å². The Balaban J connectivity index is 1.69. The molecule has 2 aliphatic heterocycles. The molecule has 3 atom stereocenters. The maximum atomic E-state index is 12.9. The number of nitrogens with zero attached hydrogens (tertiary/aromatic N) is 5. The van der Waals surface area contributed by atoms with Crippen molar-refractivity contribution in [1.29, 1.82) is 5.26 Å². The number of anilines is 1. The number of pyridine rings is 1. The van der Waals surface area contributed by atoms with Crippen LogP contribution in [0.2, 0.25) is 0 Å². The van der Waals surface area contributed by atoms with E-state index < -0.39 is 0 Å². The third-order valence-corrected chi connectivity index (χ3v) is 6.01. The molecule has 0 aliphatic carbocycles. The SMILES string of the molecule is Cc1ccccc1[C@H]1[C@@H]2CN(c3ncccc3C#N)C[C@@H]2CN1C(=O)N(C)C. The molecule has 4 rings (SSSR count). The first-order valence-corrected chi connectivity index (χ1v) is 9.64. The van der Waals surface area contributed by atoms with Crippen molar-refractivity contribution in [1.82, 2.24) is 14.8 Å². The van der Waals surface area contributed by atoms with Crippen molar-refractivity contribution in [2.45, 2.75) is 13.0 Å². The number of amides is 2. The molecule has 144 valence electrons. The van der Waals surface area contributed by atoms with E-state index in [9.17, 15) is 10.1 Å². The smallest absolute Gasteiger partial charge is 0.320 e. The van der Waals surface area contributed by atoms with Crippen LogP contribution < -0.4 is 4.90 Å². The number of benzene rings is 1. The van der Waals surface area contributed by atoms with Gasteiger partial charge in [0.05, 0.1) is 11.6 Å². The molecule has 2 fully saturated rings. The van der Waals surface area contributed by atoms with Crippen molar-refractivity contribution in [2.24, 2.45) is 11.8 Å². The van der Waals surface area contributed by atoms with Crippen LogP contribution in [0.5, 0.6) is 0 Å². The van der Waals surface area contributed by atoms with E-state index >= 15 is 0 Å². The zero-order valence-electron chi connectivity index (χ0n) is 16.5. The van der Waals surface area contributed by atoms with Gasteiger partial charge in [0.2, 0.25) is 0 Å². The van der Waals surface area contributed by atoms with Crippen LogP contribution in [0, 0.1) is 30.1 Å². The second kappa shape index (κ2) is 7.16. The maximum Gasteiger partial charge on any atom is 0.320 e. The summed E-state index contributed by atoms with van der Waals surface area (Å²) in [4.78, 5) is 23.3. The molecular formula is C22H25N5O. The predicted octanol–water partition coefficient (Wildman–Crippen LogP) is 3.05. The van der Waals surface area contributed by atoms with E-state index in [1.807, 2.05) is 37.2 Å². The molecule has 0 N–H and O–H groups in total. The van der Waals surface area contributed by atoms with E-state index in [0.717, 1.165) is 25.5 Å². The first kappa shape index (κ1) is 18.3. The molecule has 28 heavy (non-hydrogen) atoms. The summed E-state index contributed by atoms with van der Waals surface area (Å²) in [7, 11) is 3.62. The summed E-state index contributed by atoms with van der Waals surface area (Å²) in [5.41, 5.74) is 3.03. The number of carbonyl (C=O) groups is 1. The Morgan fingerprint density at radius 1 is 1.18 bits per heavy atom. The highest BCUT2D eigenvalue weighted by Gasteiger charge is 2.50. The van der Waals surface area contributed by atoms with Crippen LogP contribution in [-0.4, -0.2) is 54.5 Å². The van der Waals surface area contributed by atoms with E-state index in [4.69, 9.17) is 0 Å². The lowest BCUT2D eigenvalue weighted by molar-refractivity contribution is 0.159. The van der Waals surface area contributed by atoms with E-state index in [-0.39, 0.29) is 12.1 Å². The van der Waals surface area contributed by atoms with E-state index in [2.05, 4.69) is 35.0 Å². The summed E-state index contributed by atoms with van der Waals surface area (Å²) in [6.07, 6.45) is 1.74. The maximum absolute atomic E-state index is 12.9. The van der Waals surface area contributed by atoms with Gasteiger partial charge in [-0.05, 0) is 30.2 Å². The number of carbonyl (C=O) groups excluding carboxylic acids is 1. The number of nitriles is 1. The average molecular weight is 375 g/mol. The zero-order valence-corrected chi connectivity index (χ0v) is 16.5. The fourth-order valence-electron chi connectivity index (χ4n) is 4.72. The molecule has 1 aromatic carbocycles. The first-order chi connectivity index (χ1) is 13.5. The second-order valence-electron chi connectivity index (χ2n) is 7.95. The normalized spacial score (nSPS) is 23.4. The number of fused-ring (bicyclic) bond motifs is 1. The molecule has 0 saturated carbocycles. The number of rotatable bonds is 2. The third kappa shape index (κ3) is 2.97. The van der Waals surface area contributed by atoms with Crippen LogP contribution in [0.1, 0.15) is 22.7 Å². The minimum Gasteiger partial charge on any atom is -0.355 e. The first-order valence-electron chi connectivity index (χ1n) is 9.64. The molecule has 2 aliphatic rings. The zero-order chi connectivity index (χ0) is 19.8. The Hall–Kier alpha value is -3.07. The van der Waals surface area contributed by atoms with Crippen LogP contribution >= 0.6 is 0 Å².